The van der Waals surface area contributed by atoms with Gasteiger partial charge in [0.15, 0.2) is 15.7 Å². The van der Waals surface area contributed by atoms with E-state index >= 15 is 0 Å². The number of anilines is 2. The maximum Gasteiger partial charge on any atom is 0.182 e. The lowest BCUT2D eigenvalue weighted by atomic mass is 10.3. The molecule has 1 aromatic heterocycles. The molecule has 3 N–H and O–H groups in total. The highest BCUT2D eigenvalue weighted by Crippen LogP contribution is 2.31. The highest BCUT2D eigenvalue weighted by molar-refractivity contribution is 7.91. The fourth-order valence-electron chi connectivity index (χ4n) is 1.07. The van der Waals surface area contributed by atoms with Crippen LogP contribution in [0.2, 0.25) is 0 Å². The van der Waals surface area contributed by atoms with E-state index in [0.29, 0.717) is 5.00 Å². The van der Waals surface area contributed by atoms with Crippen molar-refractivity contribution in [2.24, 2.45) is 0 Å². The minimum absolute atomic E-state index is 0.0771. The molecule has 0 saturated carbocycles. The highest BCUT2D eigenvalue weighted by Gasteiger charge is 2.21. The Morgan fingerprint density at radius 3 is 2.67 bits per heavy atom. The zero-order valence-electron chi connectivity index (χ0n) is 8.94. The van der Waals surface area contributed by atoms with Crippen LogP contribution in [-0.4, -0.2) is 25.1 Å². The predicted molar refractivity (Wildman–Crippen MR) is 63.0 cm³/mol. The molecule has 1 unspecified atom stereocenters. The molecule has 0 aliphatic heterocycles. The maximum atomic E-state index is 11.5. The quantitative estimate of drug-likeness (QED) is 0.841. The smallest absolute Gasteiger partial charge is 0.182 e. The molecule has 1 aromatic rings. The number of nitrogens with two attached hydrogens (primary N) is 1. The molecule has 0 fully saturated rings. The maximum absolute atomic E-state index is 11.5. The number of hydrogen-bond acceptors (Lipinski definition) is 6. The SMILES string of the molecule is CCC(C)Nc1snc(N)c1S(C)(=O)=O. The molecule has 1 heterocycles. The summed E-state index contributed by atoms with van der Waals surface area (Å²) in [5.41, 5.74) is 5.52. The third-order valence-corrected chi connectivity index (χ3v) is 4.11. The van der Waals surface area contributed by atoms with Gasteiger partial charge in [-0.25, -0.2) is 8.42 Å². The van der Waals surface area contributed by atoms with E-state index in [2.05, 4.69) is 9.69 Å². The molecule has 15 heavy (non-hydrogen) atoms. The van der Waals surface area contributed by atoms with Crippen molar-refractivity contribution < 1.29 is 8.42 Å². The third kappa shape index (κ3) is 2.82. The summed E-state index contributed by atoms with van der Waals surface area (Å²) in [5, 5.41) is 3.62. The van der Waals surface area contributed by atoms with Crippen molar-refractivity contribution in [3.8, 4) is 0 Å². The molecule has 0 amide bonds. The molecular weight excluding hydrogens is 234 g/mol. The molecule has 0 spiro atoms. The fourth-order valence-corrected chi connectivity index (χ4v) is 3.24. The van der Waals surface area contributed by atoms with Crippen molar-refractivity contribution in [1.29, 1.82) is 0 Å². The first-order valence-electron chi connectivity index (χ1n) is 4.58. The largest absolute Gasteiger partial charge is 0.382 e. The van der Waals surface area contributed by atoms with Gasteiger partial charge in [0, 0.05) is 12.3 Å². The predicted octanol–water partition coefficient (Wildman–Crippen LogP) is 1.34. The van der Waals surface area contributed by atoms with Crippen molar-refractivity contribution in [3.05, 3.63) is 0 Å². The molecule has 5 nitrogen and oxygen atoms in total. The van der Waals surface area contributed by atoms with Gasteiger partial charge in [0.1, 0.15) is 9.90 Å². The van der Waals surface area contributed by atoms with Gasteiger partial charge in [-0.2, -0.15) is 4.37 Å². The van der Waals surface area contributed by atoms with Crippen LogP contribution in [0.3, 0.4) is 0 Å². The van der Waals surface area contributed by atoms with Gasteiger partial charge in [0.05, 0.1) is 0 Å². The van der Waals surface area contributed by atoms with Crippen molar-refractivity contribution >= 4 is 32.2 Å². The number of rotatable bonds is 4. The molecule has 7 heteroatoms. The molecular formula is C8H15N3O2S2. The standard InChI is InChI=1S/C8H15N3O2S2/c1-4-5(2)10-8-6(15(3,12)13)7(9)11-14-8/h5,10H,4H2,1-3H3,(H2,9,11). The van der Waals surface area contributed by atoms with Gasteiger partial charge in [-0.05, 0) is 24.9 Å². The zero-order chi connectivity index (χ0) is 11.6. The van der Waals surface area contributed by atoms with Crippen LogP contribution in [0, 0.1) is 0 Å². The monoisotopic (exact) mass is 249 g/mol. The topological polar surface area (TPSA) is 85.1 Å². The Hall–Kier alpha value is -0.820. The Morgan fingerprint density at radius 1 is 1.60 bits per heavy atom. The zero-order valence-corrected chi connectivity index (χ0v) is 10.6. The number of nitrogen functional groups attached to an aromatic ring is 1. The Morgan fingerprint density at radius 2 is 2.20 bits per heavy atom. The van der Waals surface area contributed by atoms with Gasteiger partial charge >= 0.3 is 0 Å². The summed E-state index contributed by atoms with van der Waals surface area (Å²) >= 11 is 1.08. The molecule has 0 aromatic carbocycles. The number of sulfone groups is 1. The number of nitrogens with zero attached hydrogens (tertiary/aromatic N) is 1. The summed E-state index contributed by atoms with van der Waals surface area (Å²) in [6.45, 7) is 3.99. The lowest BCUT2D eigenvalue weighted by Gasteiger charge is -2.11. The molecule has 1 atom stereocenters. The number of nitrogens with one attached hydrogen (secondary N) is 1. The van der Waals surface area contributed by atoms with E-state index in [1.807, 2.05) is 13.8 Å². The molecule has 0 bridgehead atoms. The first-order valence-corrected chi connectivity index (χ1v) is 7.24. The average Bonchev–Trinajstić information content (AvgIpc) is 2.46. The Labute approximate surface area is 93.8 Å². The van der Waals surface area contributed by atoms with Crippen LogP contribution in [0.15, 0.2) is 4.90 Å². The second-order valence-electron chi connectivity index (χ2n) is 3.45. The van der Waals surface area contributed by atoms with Crippen LogP contribution >= 0.6 is 11.5 Å². The van der Waals surface area contributed by atoms with E-state index in [1.54, 1.807) is 0 Å². The van der Waals surface area contributed by atoms with Crippen LogP contribution in [0.4, 0.5) is 10.8 Å². The normalized spacial score (nSPS) is 13.8. The van der Waals surface area contributed by atoms with Crippen LogP contribution in [0.25, 0.3) is 0 Å². The molecule has 0 radical (unpaired) electrons. The van der Waals surface area contributed by atoms with Crippen LogP contribution in [-0.2, 0) is 9.84 Å². The fraction of sp³-hybridized carbons (Fsp3) is 0.625. The Balaban J connectivity index is 3.10. The molecule has 0 aliphatic rings. The molecule has 86 valence electrons. The first-order chi connectivity index (χ1) is 6.86. The van der Waals surface area contributed by atoms with Crippen LogP contribution < -0.4 is 11.1 Å². The first kappa shape index (κ1) is 12.3. The van der Waals surface area contributed by atoms with Gasteiger partial charge < -0.3 is 11.1 Å². The van der Waals surface area contributed by atoms with E-state index in [9.17, 15) is 8.42 Å². The van der Waals surface area contributed by atoms with Gasteiger partial charge in [-0.15, -0.1) is 0 Å². The summed E-state index contributed by atoms with van der Waals surface area (Å²) < 4.78 is 26.8. The average molecular weight is 249 g/mol. The summed E-state index contributed by atoms with van der Waals surface area (Å²) in [6.07, 6.45) is 2.04. The minimum Gasteiger partial charge on any atom is -0.382 e. The van der Waals surface area contributed by atoms with Crippen molar-refractivity contribution in [2.45, 2.75) is 31.2 Å². The van der Waals surface area contributed by atoms with Gasteiger partial charge in [-0.1, -0.05) is 6.92 Å². The number of aromatic nitrogens is 1. The summed E-state index contributed by atoms with van der Waals surface area (Å²) in [5.74, 6) is 0.0771. The van der Waals surface area contributed by atoms with Crippen LogP contribution in [0.1, 0.15) is 20.3 Å². The summed E-state index contributed by atoms with van der Waals surface area (Å²) in [6, 6.07) is 0.199. The molecule has 1 rings (SSSR count). The van der Waals surface area contributed by atoms with Crippen molar-refractivity contribution in [1.82, 2.24) is 4.37 Å². The highest BCUT2D eigenvalue weighted by atomic mass is 32.2. The molecule has 0 aliphatic carbocycles. The second kappa shape index (κ2) is 4.36. The van der Waals surface area contributed by atoms with Gasteiger partial charge in [-0.3, -0.25) is 0 Å². The van der Waals surface area contributed by atoms with E-state index < -0.39 is 9.84 Å². The minimum atomic E-state index is -3.31. The van der Waals surface area contributed by atoms with Gasteiger partial charge in [0.25, 0.3) is 0 Å². The third-order valence-electron chi connectivity index (χ3n) is 2.03. The Bertz CT molecular complexity index is 439. The van der Waals surface area contributed by atoms with Gasteiger partial charge in [0.2, 0.25) is 0 Å². The lowest BCUT2D eigenvalue weighted by molar-refractivity contribution is 0.602. The van der Waals surface area contributed by atoms with E-state index in [0.717, 1.165) is 24.2 Å². The second-order valence-corrected chi connectivity index (χ2v) is 6.18. The van der Waals surface area contributed by atoms with E-state index in [4.69, 9.17) is 5.73 Å². The van der Waals surface area contributed by atoms with Crippen LogP contribution in [0.5, 0.6) is 0 Å². The van der Waals surface area contributed by atoms with E-state index in [-0.39, 0.29) is 16.8 Å². The summed E-state index contributed by atoms with van der Waals surface area (Å²) in [7, 11) is -3.31. The van der Waals surface area contributed by atoms with Crippen molar-refractivity contribution in [3.63, 3.8) is 0 Å². The van der Waals surface area contributed by atoms with E-state index in [1.165, 1.54) is 0 Å². The lowest BCUT2D eigenvalue weighted by Crippen LogP contribution is -2.14. The summed E-state index contributed by atoms with van der Waals surface area (Å²) in [4.78, 5) is 0.118. The molecule has 0 saturated heterocycles. The number of hydrogen-bond donors (Lipinski definition) is 2. The Kier molecular flexibility index (Phi) is 3.56. The van der Waals surface area contributed by atoms with Crippen molar-refractivity contribution in [2.75, 3.05) is 17.3 Å².